The molecule has 1 aromatic carbocycles. The van der Waals surface area contributed by atoms with E-state index in [2.05, 4.69) is 27.0 Å². The lowest BCUT2D eigenvalue weighted by Gasteiger charge is -2.07. The zero-order chi connectivity index (χ0) is 18.9. The van der Waals surface area contributed by atoms with Crippen molar-refractivity contribution in [3.8, 4) is 5.75 Å². The van der Waals surface area contributed by atoms with Crippen molar-refractivity contribution >= 4 is 5.57 Å². The maximum Gasteiger partial charge on any atom is 0.175 e. The summed E-state index contributed by atoms with van der Waals surface area (Å²) in [6.45, 7) is 12.6. The van der Waals surface area contributed by atoms with E-state index >= 15 is 0 Å². The van der Waals surface area contributed by atoms with Crippen LogP contribution in [-0.4, -0.2) is 12.2 Å². The maximum atomic E-state index is 14.0. The van der Waals surface area contributed by atoms with Gasteiger partial charge in [-0.2, -0.15) is 0 Å². The van der Waals surface area contributed by atoms with Crippen LogP contribution in [0, 0.1) is 11.6 Å². The highest BCUT2D eigenvalue weighted by molar-refractivity contribution is 5.69. The molecule has 0 radical (unpaired) electrons. The van der Waals surface area contributed by atoms with Crippen LogP contribution in [-0.2, 0) is 4.74 Å². The van der Waals surface area contributed by atoms with E-state index < -0.39 is 28.8 Å². The monoisotopic (exact) mass is 340 g/mol. The smallest absolute Gasteiger partial charge is 0.175 e. The minimum absolute atomic E-state index is 0.242. The molecule has 0 atom stereocenters. The van der Waals surface area contributed by atoms with Crippen LogP contribution < -0.4 is 0 Å². The molecular weight excluding hydrogens is 317 g/mol. The van der Waals surface area contributed by atoms with Crippen molar-refractivity contribution in [3.63, 3.8) is 0 Å². The summed E-state index contributed by atoms with van der Waals surface area (Å²) in [5.41, 5.74) is -0.585. The van der Waals surface area contributed by atoms with Gasteiger partial charge in [-0.3, -0.25) is 0 Å². The quantitative estimate of drug-likeness (QED) is 0.521. The van der Waals surface area contributed by atoms with E-state index in [9.17, 15) is 18.3 Å². The number of allylic oxidation sites excluding steroid dienone is 4. The van der Waals surface area contributed by atoms with E-state index in [1.165, 1.54) is 26.5 Å². The van der Waals surface area contributed by atoms with Crippen molar-refractivity contribution in [2.45, 2.75) is 27.2 Å². The number of hydrogen-bond donors (Lipinski definition) is 1. The second kappa shape index (κ2) is 10.4. The minimum Gasteiger partial charge on any atom is -0.505 e. The molecule has 0 aromatic heterocycles. The summed E-state index contributed by atoms with van der Waals surface area (Å²) < 4.78 is 46.1. The molecule has 0 saturated heterocycles. The molecule has 0 heterocycles. The Morgan fingerprint density at radius 2 is 1.75 bits per heavy atom. The first-order valence-corrected chi connectivity index (χ1v) is 7.35. The molecule has 2 nitrogen and oxygen atoms in total. The standard InChI is InChI=1S/C16H15F3O2.C3H8/c1-9(11(3)21-4)5-6-12(17)10(2)15-13(18)7-8-14(20)16(15)19;1-3-2/h5-8,20H,1,3H2,2,4H3;3H2,1-2H3/b6-5-,12-10-;. The Labute approximate surface area is 141 Å². The van der Waals surface area contributed by atoms with E-state index in [1.807, 2.05) is 0 Å². The Morgan fingerprint density at radius 1 is 1.21 bits per heavy atom. The number of hydrogen-bond acceptors (Lipinski definition) is 2. The Balaban J connectivity index is 0.00000163. The van der Waals surface area contributed by atoms with Gasteiger partial charge in [0, 0.05) is 5.57 Å². The molecule has 0 aliphatic carbocycles. The van der Waals surface area contributed by atoms with Gasteiger partial charge in [-0.15, -0.1) is 0 Å². The van der Waals surface area contributed by atoms with Gasteiger partial charge in [0.1, 0.15) is 17.4 Å². The Hall–Kier alpha value is -2.43. The predicted molar refractivity (Wildman–Crippen MR) is 92.1 cm³/mol. The normalized spacial score (nSPS) is 11.5. The summed E-state index contributed by atoms with van der Waals surface area (Å²) in [7, 11) is 1.39. The molecule has 0 aliphatic rings. The first-order valence-electron chi connectivity index (χ1n) is 7.35. The average molecular weight is 340 g/mol. The summed E-state index contributed by atoms with van der Waals surface area (Å²) in [5, 5.41) is 9.23. The number of rotatable bonds is 5. The molecule has 1 rings (SSSR count). The number of ether oxygens (including phenoxy) is 1. The van der Waals surface area contributed by atoms with Gasteiger partial charge in [0.25, 0.3) is 0 Å². The van der Waals surface area contributed by atoms with Gasteiger partial charge in [0.15, 0.2) is 11.6 Å². The van der Waals surface area contributed by atoms with Crippen molar-refractivity contribution in [2.24, 2.45) is 0 Å². The summed E-state index contributed by atoms with van der Waals surface area (Å²) in [4.78, 5) is 0. The number of halogens is 3. The molecular formula is C19H23F3O2. The van der Waals surface area contributed by atoms with E-state index in [4.69, 9.17) is 4.74 Å². The highest BCUT2D eigenvalue weighted by Gasteiger charge is 2.17. The lowest BCUT2D eigenvalue weighted by atomic mass is 10.0. The number of methoxy groups -OCH3 is 1. The largest absolute Gasteiger partial charge is 0.505 e. The fourth-order valence-corrected chi connectivity index (χ4v) is 1.53. The topological polar surface area (TPSA) is 29.5 Å². The Bertz CT molecular complexity index is 659. The number of phenolic OH excluding ortho intramolecular Hbond substituents is 1. The van der Waals surface area contributed by atoms with Gasteiger partial charge >= 0.3 is 0 Å². The zero-order valence-corrected chi connectivity index (χ0v) is 14.4. The van der Waals surface area contributed by atoms with Crippen molar-refractivity contribution < 1.29 is 23.0 Å². The third kappa shape index (κ3) is 5.99. The third-order valence-corrected chi connectivity index (χ3v) is 2.84. The van der Waals surface area contributed by atoms with Crippen LogP contribution in [0.25, 0.3) is 5.57 Å². The second-order valence-corrected chi connectivity index (χ2v) is 4.92. The number of benzene rings is 1. The predicted octanol–water partition coefficient (Wildman–Crippen LogP) is 6.06. The lowest BCUT2D eigenvalue weighted by molar-refractivity contribution is 0.305. The average Bonchev–Trinajstić information content (AvgIpc) is 2.55. The maximum absolute atomic E-state index is 14.0. The molecule has 1 aromatic rings. The van der Waals surface area contributed by atoms with Crippen LogP contribution in [0.3, 0.4) is 0 Å². The van der Waals surface area contributed by atoms with Crippen LogP contribution in [0.4, 0.5) is 13.2 Å². The summed E-state index contributed by atoms with van der Waals surface area (Å²) in [6.07, 6.45) is 3.51. The number of phenols is 1. The van der Waals surface area contributed by atoms with Crippen LogP contribution in [0.1, 0.15) is 32.8 Å². The fraction of sp³-hybridized carbons (Fsp3) is 0.263. The SMILES string of the molecule is C=C(/C=C\C(F)=C(/C)c1c(F)ccc(O)c1F)C(=C)OC.CCC. The third-order valence-electron chi connectivity index (χ3n) is 2.84. The summed E-state index contributed by atoms with van der Waals surface area (Å²) in [5.74, 6) is -3.56. The molecule has 24 heavy (non-hydrogen) atoms. The Morgan fingerprint density at radius 3 is 2.25 bits per heavy atom. The highest BCUT2D eigenvalue weighted by atomic mass is 19.1. The first-order chi connectivity index (χ1) is 11.2. The highest BCUT2D eigenvalue weighted by Crippen LogP contribution is 2.30. The van der Waals surface area contributed by atoms with Gasteiger partial charge in [-0.1, -0.05) is 33.4 Å². The van der Waals surface area contributed by atoms with Crippen LogP contribution in [0.2, 0.25) is 0 Å². The molecule has 5 heteroatoms. The molecule has 0 amide bonds. The van der Waals surface area contributed by atoms with Crippen LogP contribution in [0.5, 0.6) is 5.75 Å². The molecule has 0 unspecified atom stereocenters. The molecule has 0 aliphatic heterocycles. The van der Waals surface area contributed by atoms with Crippen molar-refractivity contribution in [2.75, 3.05) is 7.11 Å². The molecule has 132 valence electrons. The van der Waals surface area contributed by atoms with E-state index in [0.717, 1.165) is 18.2 Å². The van der Waals surface area contributed by atoms with Crippen molar-refractivity contribution in [1.29, 1.82) is 0 Å². The zero-order valence-electron chi connectivity index (χ0n) is 14.4. The second-order valence-electron chi connectivity index (χ2n) is 4.92. The van der Waals surface area contributed by atoms with Crippen LogP contribution >= 0.6 is 0 Å². The Kier molecular flexibility index (Phi) is 9.31. The van der Waals surface area contributed by atoms with Crippen LogP contribution in [0.15, 0.2) is 54.6 Å². The molecule has 0 spiro atoms. The first kappa shape index (κ1) is 21.6. The van der Waals surface area contributed by atoms with E-state index in [0.29, 0.717) is 5.57 Å². The number of aromatic hydroxyl groups is 1. The van der Waals surface area contributed by atoms with Gasteiger partial charge < -0.3 is 9.84 Å². The summed E-state index contributed by atoms with van der Waals surface area (Å²) >= 11 is 0. The van der Waals surface area contributed by atoms with E-state index in [1.54, 1.807) is 0 Å². The van der Waals surface area contributed by atoms with Gasteiger partial charge in [-0.05, 0) is 36.8 Å². The minimum atomic E-state index is -1.21. The molecule has 0 saturated carbocycles. The fourth-order valence-electron chi connectivity index (χ4n) is 1.53. The van der Waals surface area contributed by atoms with Gasteiger partial charge in [0.05, 0.1) is 12.7 Å². The van der Waals surface area contributed by atoms with Crippen molar-refractivity contribution in [3.05, 3.63) is 71.8 Å². The molecule has 0 bridgehead atoms. The molecule has 0 fully saturated rings. The van der Waals surface area contributed by atoms with Crippen molar-refractivity contribution in [1.82, 2.24) is 0 Å². The van der Waals surface area contributed by atoms with Gasteiger partial charge in [0.2, 0.25) is 0 Å². The van der Waals surface area contributed by atoms with Gasteiger partial charge in [-0.25, -0.2) is 13.2 Å². The lowest BCUT2D eigenvalue weighted by Crippen LogP contribution is -1.95. The van der Waals surface area contributed by atoms with E-state index in [-0.39, 0.29) is 11.3 Å². The summed E-state index contributed by atoms with van der Waals surface area (Å²) in [6, 6.07) is 1.72. The molecule has 1 N–H and O–H groups in total.